The number of nitrogens with one attached hydrogen (secondary N) is 3. The van der Waals surface area contributed by atoms with Gasteiger partial charge in [-0.3, -0.25) is 4.79 Å². The van der Waals surface area contributed by atoms with Gasteiger partial charge in [0.15, 0.2) is 0 Å². The molecule has 0 spiro atoms. The maximum atomic E-state index is 11.6. The molecule has 0 unspecified atom stereocenters. The summed E-state index contributed by atoms with van der Waals surface area (Å²) in [4.78, 5) is 23.1. The number of carbonyl (C=O) groups excluding carboxylic acids is 2. The maximum Gasteiger partial charge on any atom is 0.407 e. The third-order valence-corrected chi connectivity index (χ3v) is 3.51. The number of alkyl carbamates (subject to hydrolysis) is 1. The fourth-order valence-electron chi connectivity index (χ4n) is 2.10. The number of nitrogens with two attached hydrogens (primary N) is 1. The van der Waals surface area contributed by atoms with Crippen molar-refractivity contribution in [3.63, 3.8) is 0 Å². The highest BCUT2D eigenvalue weighted by Crippen LogP contribution is 2.11. The van der Waals surface area contributed by atoms with Crippen molar-refractivity contribution >= 4 is 17.7 Å². The largest absolute Gasteiger partial charge is 0.445 e. The van der Waals surface area contributed by atoms with Crippen molar-refractivity contribution in [3.8, 4) is 0 Å². The molecule has 1 atom stereocenters. The molecule has 7 heteroatoms. The van der Waals surface area contributed by atoms with Crippen molar-refractivity contribution in [1.29, 1.82) is 0 Å². The lowest BCUT2D eigenvalue weighted by Gasteiger charge is -2.14. The van der Waals surface area contributed by atoms with Crippen molar-refractivity contribution in [1.82, 2.24) is 16.0 Å². The summed E-state index contributed by atoms with van der Waals surface area (Å²) in [5.74, 6) is -0.0275. The van der Waals surface area contributed by atoms with E-state index in [1.807, 2.05) is 18.2 Å². The average molecular weight is 322 g/mol. The summed E-state index contributed by atoms with van der Waals surface area (Å²) < 4.78 is 5.11. The van der Waals surface area contributed by atoms with E-state index in [1.54, 1.807) is 20.2 Å². The van der Waals surface area contributed by atoms with E-state index in [2.05, 4.69) is 16.0 Å². The Morgan fingerprint density at radius 1 is 1.22 bits per heavy atom. The van der Waals surface area contributed by atoms with Gasteiger partial charge in [0.25, 0.3) is 0 Å². The van der Waals surface area contributed by atoms with Crippen LogP contribution in [0.25, 0.3) is 0 Å². The quantitative estimate of drug-likeness (QED) is 0.401. The number of hydrogen-bond donors (Lipinski definition) is 4. The Morgan fingerprint density at radius 2 is 1.96 bits per heavy atom. The van der Waals surface area contributed by atoms with Crippen LogP contribution < -0.4 is 21.7 Å². The first-order valence-corrected chi connectivity index (χ1v) is 7.71. The Kier molecular flexibility index (Phi) is 8.52. The second-order valence-electron chi connectivity index (χ2n) is 5.15. The maximum absolute atomic E-state index is 11.6. The van der Waals surface area contributed by atoms with Gasteiger partial charge < -0.3 is 26.4 Å². The lowest BCUT2D eigenvalue weighted by molar-refractivity contribution is -0.122. The van der Waals surface area contributed by atoms with Gasteiger partial charge in [0.1, 0.15) is 6.61 Å². The van der Waals surface area contributed by atoms with E-state index < -0.39 is 6.09 Å². The number of amides is 2. The van der Waals surface area contributed by atoms with Crippen LogP contribution in [0.2, 0.25) is 0 Å². The molecule has 5 N–H and O–H groups in total. The SMILES string of the molecule is CNC(=O)[C@H](CCCCNC(=O)OCc1ccccc1N)NC. The van der Waals surface area contributed by atoms with E-state index in [0.717, 1.165) is 18.4 Å². The third-order valence-electron chi connectivity index (χ3n) is 3.51. The van der Waals surface area contributed by atoms with Crippen LogP contribution in [-0.4, -0.2) is 38.7 Å². The van der Waals surface area contributed by atoms with Crippen molar-refractivity contribution in [3.05, 3.63) is 29.8 Å². The summed E-state index contributed by atoms with van der Waals surface area (Å²) in [5, 5.41) is 8.26. The molecule has 0 heterocycles. The molecule has 1 aromatic carbocycles. The summed E-state index contributed by atoms with van der Waals surface area (Å²) in [6, 6.07) is 7.06. The first-order valence-electron chi connectivity index (χ1n) is 7.71. The predicted molar refractivity (Wildman–Crippen MR) is 89.8 cm³/mol. The number of nitrogen functional groups attached to an aromatic ring is 1. The Balaban J connectivity index is 2.15. The number of ether oxygens (including phenoxy) is 1. The van der Waals surface area contributed by atoms with Crippen LogP contribution in [0.4, 0.5) is 10.5 Å². The molecule has 0 aliphatic carbocycles. The minimum absolute atomic E-state index is 0.0275. The highest BCUT2D eigenvalue weighted by molar-refractivity contribution is 5.81. The Bertz CT molecular complexity index is 508. The van der Waals surface area contributed by atoms with Crippen LogP contribution in [0.5, 0.6) is 0 Å². The zero-order valence-electron chi connectivity index (χ0n) is 13.7. The van der Waals surface area contributed by atoms with Crippen LogP contribution in [0.3, 0.4) is 0 Å². The van der Waals surface area contributed by atoms with Gasteiger partial charge in [0.2, 0.25) is 5.91 Å². The van der Waals surface area contributed by atoms with Crippen molar-refractivity contribution in [2.75, 3.05) is 26.4 Å². The summed E-state index contributed by atoms with van der Waals surface area (Å²) in [6.07, 6.45) is 1.85. The van der Waals surface area contributed by atoms with E-state index in [-0.39, 0.29) is 18.6 Å². The number of anilines is 1. The Labute approximate surface area is 137 Å². The first-order chi connectivity index (χ1) is 11.1. The monoisotopic (exact) mass is 322 g/mol. The average Bonchev–Trinajstić information content (AvgIpc) is 2.56. The number of rotatable bonds is 9. The van der Waals surface area contributed by atoms with E-state index in [0.29, 0.717) is 18.7 Å². The zero-order valence-corrected chi connectivity index (χ0v) is 13.7. The molecular weight excluding hydrogens is 296 g/mol. The van der Waals surface area contributed by atoms with Gasteiger partial charge in [-0.05, 0) is 32.4 Å². The number of hydrogen-bond acceptors (Lipinski definition) is 5. The van der Waals surface area contributed by atoms with Gasteiger partial charge in [0, 0.05) is 24.8 Å². The molecule has 0 saturated heterocycles. The van der Waals surface area contributed by atoms with E-state index in [1.165, 1.54) is 0 Å². The van der Waals surface area contributed by atoms with Gasteiger partial charge >= 0.3 is 6.09 Å². The molecule has 0 bridgehead atoms. The van der Waals surface area contributed by atoms with Crippen LogP contribution in [-0.2, 0) is 16.1 Å². The highest BCUT2D eigenvalue weighted by Gasteiger charge is 2.13. The van der Waals surface area contributed by atoms with Crippen LogP contribution >= 0.6 is 0 Å². The number of unbranched alkanes of at least 4 members (excludes halogenated alkanes) is 1. The molecule has 0 saturated carbocycles. The Morgan fingerprint density at radius 3 is 2.61 bits per heavy atom. The van der Waals surface area contributed by atoms with E-state index in [4.69, 9.17) is 10.5 Å². The van der Waals surface area contributed by atoms with Crippen molar-refractivity contribution < 1.29 is 14.3 Å². The predicted octanol–water partition coefficient (Wildman–Crippen LogP) is 0.999. The first kappa shape index (κ1) is 18.8. The lowest BCUT2D eigenvalue weighted by atomic mass is 10.1. The molecule has 0 aromatic heterocycles. The van der Waals surface area contributed by atoms with Gasteiger partial charge in [-0.15, -0.1) is 0 Å². The molecule has 0 fully saturated rings. The van der Waals surface area contributed by atoms with E-state index in [9.17, 15) is 9.59 Å². The molecule has 0 aliphatic heterocycles. The molecule has 7 nitrogen and oxygen atoms in total. The number of benzene rings is 1. The smallest absolute Gasteiger partial charge is 0.407 e. The van der Waals surface area contributed by atoms with Gasteiger partial charge in [-0.2, -0.15) is 0 Å². The molecule has 0 radical (unpaired) electrons. The normalized spacial score (nSPS) is 11.6. The zero-order chi connectivity index (χ0) is 17.1. The summed E-state index contributed by atoms with van der Waals surface area (Å²) in [6.45, 7) is 0.657. The van der Waals surface area contributed by atoms with Crippen molar-refractivity contribution in [2.45, 2.75) is 31.9 Å². The van der Waals surface area contributed by atoms with Crippen LogP contribution in [0.15, 0.2) is 24.3 Å². The molecule has 1 rings (SSSR count). The van der Waals surface area contributed by atoms with Crippen LogP contribution in [0, 0.1) is 0 Å². The molecule has 2 amide bonds. The van der Waals surface area contributed by atoms with Gasteiger partial charge in [-0.1, -0.05) is 18.2 Å². The minimum atomic E-state index is -0.468. The standard InChI is InChI=1S/C16H26N4O3/c1-18-14(15(21)19-2)9-5-6-10-20-16(22)23-11-12-7-3-4-8-13(12)17/h3-4,7-8,14,18H,5-6,9-11,17H2,1-2H3,(H,19,21)(H,20,22)/t14-/m0/s1. The van der Waals surface area contributed by atoms with E-state index >= 15 is 0 Å². The number of likely N-dealkylation sites (N-methyl/N-ethyl adjacent to an activating group) is 2. The number of carbonyl (C=O) groups is 2. The topological polar surface area (TPSA) is 105 Å². The molecule has 128 valence electrons. The van der Waals surface area contributed by atoms with Crippen LogP contribution in [0.1, 0.15) is 24.8 Å². The van der Waals surface area contributed by atoms with Gasteiger partial charge in [0.05, 0.1) is 6.04 Å². The molecule has 1 aromatic rings. The molecule has 0 aliphatic rings. The molecule has 23 heavy (non-hydrogen) atoms. The Hall–Kier alpha value is -2.28. The van der Waals surface area contributed by atoms with Gasteiger partial charge in [-0.25, -0.2) is 4.79 Å². The summed E-state index contributed by atoms with van der Waals surface area (Å²) >= 11 is 0. The second kappa shape index (κ2) is 10.4. The summed E-state index contributed by atoms with van der Waals surface area (Å²) in [7, 11) is 3.37. The minimum Gasteiger partial charge on any atom is -0.445 e. The second-order valence-corrected chi connectivity index (χ2v) is 5.15. The fraction of sp³-hybridized carbons (Fsp3) is 0.500. The summed E-state index contributed by atoms with van der Waals surface area (Å²) in [5.41, 5.74) is 7.16. The van der Waals surface area contributed by atoms with Crippen molar-refractivity contribution in [2.24, 2.45) is 0 Å². The lowest BCUT2D eigenvalue weighted by Crippen LogP contribution is -2.41. The fourth-order valence-corrected chi connectivity index (χ4v) is 2.10. The molecular formula is C16H26N4O3. The highest BCUT2D eigenvalue weighted by atomic mass is 16.5. The number of para-hydroxylation sites is 1. The third kappa shape index (κ3) is 7.01.